The topological polar surface area (TPSA) is 46.7 Å². The average molecular weight is 368 g/mol. The Morgan fingerprint density at radius 2 is 2.11 bits per heavy atom. The van der Waals surface area contributed by atoms with E-state index in [1.165, 1.54) is 60.9 Å². The highest BCUT2D eigenvalue weighted by Crippen LogP contribution is 2.22. The Labute approximate surface area is 162 Å². The largest absolute Gasteiger partial charge is 0.361 e. The van der Waals surface area contributed by atoms with Crippen LogP contribution in [0.15, 0.2) is 29.4 Å². The zero-order valence-corrected chi connectivity index (χ0v) is 16.8. The molecule has 0 spiro atoms. The SMILES string of the molecule is CN=C(NCCc1c[nH]c2c(C)cccc12)N1CCC(CN2CCCC2)C1. The van der Waals surface area contributed by atoms with E-state index in [9.17, 15) is 0 Å². The Morgan fingerprint density at radius 1 is 1.26 bits per heavy atom. The molecule has 0 radical (unpaired) electrons. The van der Waals surface area contributed by atoms with E-state index in [0.29, 0.717) is 0 Å². The molecule has 146 valence electrons. The highest BCUT2D eigenvalue weighted by Gasteiger charge is 2.27. The number of hydrogen-bond donors (Lipinski definition) is 2. The van der Waals surface area contributed by atoms with Gasteiger partial charge in [-0.2, -0.15) is 0 Å². The summed E-state index contributed by atoms with van der Waals surface area (Å²) in [6.07, 6.45) is 7.22. The number of fused-ring (bicyclic) bond motifs is 1. The molecule has 1 aromatic carbocycles. The zero-order valence-electron chi connectivity index (χ0n) is 16.8. The normalized spacial score (nSPS) is 21.5. The number of likely N-dealkylation sites (tertiary alicyclic amines) is 2. The Balaban J connectivity index is 1.28. The number of nitrogens with zero attached hydrogens (tertiary/aromatic N) is 3. The number of nitrogens with one attached hydrogen (secondary N) is 2. The van der Waals surface area contributed by atoms with Crippen LogP contribution in [-0.2, 0) is 6.42 Å². The predicted octanol–water partition coefficient (Wildman–Crippen LogP) is 3.01. The summed E-state index contributed by atoms with van der Waals surface area (Å²) in [5.74, 6) is 1.85. The number of rotatable bonds is 5. The molecule has 0 bridgehead atoms. The molecule has 1 aromatic heterocycles. The van der Waals surface area contributed by atoms with E-state index in [4.69, 9.17) is 0 Å². The van der Waals surface area contributed by atoms with Gasteiger partial charge in [-0.15, -0.1) is 0 Å². The van der Waals surface area contributed by atoms with Gasteiger partial charge in [0.2, 0.25) is 0 Å². The lowest BCUT2D eigenvalue weighted by atomic mass is 10.1. The lowest BCUT2D eigenvalue weighted by Gasteiger charge is -2.23. The fourth-order valence-corrected chi connectivity index (χ4v) is 4.72. The first-order valence-electron chi connectivity index (χ1n) is 10.5. The van der Waals surface area contributed by atoms with Gasteiger partial charge >= 0.3 is 0 Å². The first kappa shape index (κ1) is 18.4. The van der Waals surface area contributed by atoms with Gasteiger partial charge in [0.25, 0.3) is 0 Å². The molecular formula is C22H33N5. The maximum absolute atomic E-state index is 4.54. The second-order valence-corrected chi connectivity index (χ2v) is 8.14. The number of aliphatic imine (C=N–C) groups is 1. The molecule has 1 unspecified atom stereocenters. The molecule has 27 heavy (non-hydrogen) atoms. The lowest BCUT2D eigenvalue weighted by molar-refractivity contribution is 0.281. The van der Waals surface area contributed by atoms with E-state index in [1.54, 1.807) is 0 Å². The van der Waals surface area contributed by atoms with Crippen molar-refractivity contribution in [1.82, 2.24) is 20.1 Å². The van der Waals surface area contributed by atoms with Crippen molar-refractivity contribution in [3.63, 3.8) is 0 Å². The van der Waals surface area contributed by atoms with E-state index in [2.05, 4.69) is 56.4 Å². The number of hydrogen-bond acceptors (Lipinski definition) is 2. The smallest absolute Gasteiger partial charge is 0.193 e. The number of aryl methyl sites for hydroxylation is 1. The molecule has 1 atom stereocenters. The van der Waals surface area contributed by atoms with E-state index in [1.807, 2.05) is 7.05 Å². The summed E-state index contributed by atoms with van der Waals surface area (Å²) in [6, 6.07) is 6.52. The van der Waals surface area contributed by atoms with Gasteiger partial charge in [0.05, 0.1) is 0 Å². The zero-order chi connectivity index (χ0) is 18.6. The van der Waals surface area contributed by atoms with Crippen molar-refractivity contribution in [3.05, 3.63) is 35.5 Å². The number of H-pyrrole nitrogens is 1. The van der Waals surface area contributed by atoms with Crippen molar-refractivity contribution in [1.29, 1.82) is 0 Å². The molecule has 2 fully saturated rings. The molecular weight excluding hydrogens is 334 g/mol. The number of para-hydroxylation sites is 1. The summed E-state index contributed by atoms with van der Waals surface area (Å²) in [4.78, 5) is 13.1. The summed E-state index contributed by atoms with van der Waals surface area (Å²) in [5, 5.41) is 4.94. The minimum atomic E-state index is 0.790. The molecule has 2 aromatic rings. The molecule has 2 saturated heterocycles. The fourth-order valence-electron chi connectivity index (χ4n) is 4.72. The summed E-state index contributed by atoms with van der Waals surface area (Å²) in [5.41, 5.74) is 3.95. The summed E-state index contributed by atoms with van der Waals surface area (Å²) in [7, 11) is 1.91. The molecule has 3 heterocycles. The van der Waals surface area contributed by atoms with Gasteiger partial charge in [-0.3, -0.25) is 4.99 Å². The number of aromatic nitrogens is 1. The molecule has 5 heteroatoms. The van der Waals surface area contributed by atoms with Crippen LogP contribution in [0.25, 0.3) is 10.9 Å². The van der Waals surface area contributed by atoms with E-state index >= 15 is 0 Å². The molecule has 4 rings (SSSR count). The van der Waals surface area contributed by atoms with Crippen LogP contribution in [-0.4, -0.2) is 67.1 Å². The second kappa shape index (κ2) is 8.34. The van der Waals surface area contributed by atoms with Gasteiger partial charge in [-0.25, -0.2) is 0 Å². The fraction of sp³-hybridized carbons (Fsp3) is 0.591. The van der Waals surface area contributed by atoms with Crippen molar-refractivity contribution in [2.75, 3.05) is 46.3 Å². The van der Waals surface area contributed by atoms with E-state index in [-0.39, 0.29) is 0 Å². The van der Waals surface area contributed by atoms with Gasteiger partial charge in [-0.05, 0) is 62.7 Å². The van der Waals surface area contributed by atoms with E-state index in [0.717, 1.165) is 37.9 Å². The summed E-state index contributed by atoms with van der Waals surface area (Å²) in [6.45, 7) is 9.21. The number of aromatic amines is 1. The predicted molar refractivity (Wildman–Crippen MR) is 113 cm³/mol. The highest BCUT2D eigenvalue weighted by atomic mass is 15.3. The van der Waals surface area contributed by atoms with Gasteiger partial charge in [0, 0.05) is 50.3 Å². The van der Waals surface area contributed by atoms with Crippen LogP contribution in [0.4, 0.5) is 0 Å². The molecule has 2 N–H and O–H groups in total. The third-order valence-corrected chi connectivity index (χ3v) is 6.20. The van der Waals surface area contributed by atoms with Crippen molar-refractivity contribution in [2.24, 2.45) is 10.9 Å². The summed E-state index contributed by atoms with van der Waals surface area (Å²) >= 11 is 0. The van der Waals surface area contributed by atoms with Crippen molar-refractivity contribution in [3.8, 4) is 0 Å². The molecule has 2 aliphatic heterocycles. The minimum absolute atomic E-state index is 0.790. The maximum Gasteiger partial charge on any atom is 0.193 e. The Bertz CT molecular complexity index is 787. The molecule has 5 nitrogen and oxygen atoms in total. The minimum Gasteiger partial charge on any atom is -0.361 e. The number of guanidine groups is 1. The van der Waals surface area contributed by atoms with Crippen LogP contribution in [0.3, 0.4) is 0 Å². The third kappa shape index (κ3) is 4.13. The van der Waals surface area contributed by atoms with Crippen LogP contribution >= 0.6 is 0 Å². The Kier molecular flexibility index (Phi) is 5.67. The third-order valence-electron chi connectivity index (χ3n) is 6.20. The standard InChI is InChI=1S/C22H33N5/c1-17-6-5-7-20-19(14-25-21(17)20)8-10-24-22(23-2)27-13-9-18(16-27)15-26-11-3-4-12-26/h5-7,14,18,25H,3-4,8-13,15-16H2,1-2H3,(H,23,24). The molecule has 2 aliphatic rings. The van der Waals surface area contributed by atoms with Crippen LogP contribution < -0.4 is 5.32 Å². The van der Waals surface area contributed by atoms with Crippen LogP contribution in [0.1, 0.15) is 30.4 Å². The first-order chi connectivity index (χ1) is 13.2. The van der Waals surface area contributed by atoms with Crippen LogP contribution in [0.2, 0.25) is 0 Å². The van der Waals surface area contributed by atoms with Gasteiger partial charge in [0.1, 0.15) is 0 Å². The second-order valence-electron chi connectivity index (χ2n) is 8.14. The monoisotopic (exact) mass is 367 g/mol. The van der Waals surface area contributed by atoms with Crippen molar-refractivity contribution < 1.29 is 0 Å². The molecule has 0 saturated carbocycles. The van der Waals surface area contributed by atoms with Gasteiger partial charge in [-0.1, -0.05) is 18.2 Å². The molecule has 0 amide bonds. The van der Waals surface area contributed by atoms with Crippen molar-refractivity contribution >= 4 is 16.9 Å². The summed E-state index contributed by atoms with van der Waals surface area (Å²) < 4.78 is 0. The van der Waals surface area contributed by atoms with Crippen LogP contribution in [0, 0.1) is 12.8 Å². The van der Waals surface area contributed by atoms with Crippen molar-refractivity contribution in [2.45, 2.75) is 32.6 Å². The average Bonchev–Trinajstić information content (AvgIpc) is 3.41. The Morgan fingerprint density at radius 3 is 2.93 bits per heavy atom. The first-order valence-corrected chi connectivity index (χ1v) is 10.5. The van der Waals surface area contributed by atoms with Gasteiger partial charge in [0.15, 0.2) is 5.96 Å². The maximum atomic E-state index is 4.54. The van der Waals surface area contributed by atoms with Gasteiger partial charge < -0.3 is 20.1 Å². The van der Waals surface area contributed by atoms with Crippen LogP contribution in [0.5, 0.6) is 0 Å². The molecule has 0 aliphatic carbocycles. The Hall–Kier alpha value is -2.01. The highest BCUT2D eigenvalue weighted by molar-refractivity contribution is 5.86. The van der Waals surface area contributed by atoms with E-state index < -0.39 is 0 Å². The quantitative estimate of drug-likeness (QED) is 0.631. The number of benzene rings is 1. The lowest BCUT2D eigenvalue weighted by Crippen LogP contribution is -2.41.